The number of hydrogen-bond donors (Lipinski definition) is 2. The summed E-state index contributed by atoms with van der Waals surface area (Å²) < 4.78 is 10.9. The van der Waals surface area contributed by atoms with Gasteiger partial charge < -0.3 is 20.1 Å². The Labute approximate surface area is 223 Å². The molecule has 198 valence electrons. The molecule has 38 heavy (non-hydrogen) atoms. The molecule has 3 atom stereocenters. The van der Waals surface area contributed by atoms with Crippen LogP contribution in [0.1, 0.15) is 60.2 Å². The maximum absolute atomic E-state index is 13.5. The second-order valence-corrected chi connectivity index (χ2v) is 10.6. The number of amides is 2. The van der Waals surface area contributed by atoms with Crippen LogP contribution in [-0.2, 0) is 22.5 Å². The molecule has 3 aromatic carbocycles. The number of carbonyl (C=O) groups excluding carboxylic acids is 3. The standard InChI is InChI=1S/C31H34N2O5/c1-31(2,3)33-30(36)38-27-19-25(27)23-14-16-24(17-15-23)28(34)26(18-21-10-6-4-7-11-21)32-29(35)37-20-22-12-8-5-9-13-22/h4-17,25-27H,18-20H2,1-3H3,(H,32,35)(H,33,36)/t25?,26-,27?/m0/s1. The van der Waals surface area contributed by atoms with Crippen LogP contribution in [0.4, 0.5) is 9.59 Å². The molecule has 1 saturated carbocycles. The molecule has 0 bridgehead atoms. The zero-order chi connectivity index (χ0) is 27.1. The number of ketones is 1. The lowest BCUT2D eigenvalue weighted by atomic mass is 9.96. The normalized spacial score (nSPS) is 17.1. The molecule has 7 heteroatoms. The first-order chi connectivity index (χ1) is 18.2. The van der Waals surface area contributed by atoms with E-state index in [0.29, 0.717) is 12.0 Å². The molecule has 4 rings (SSSR count). The van der Waals surface area contributed by atoms with Gasteiger partial charge in [0.25, 0.3) is 0 Å². The monoisotopic (exact) mass is 514 g/mol. The fourth-order valence-electron chi connectivity index (χ4n) is 4.19. The second kappa shape index (κ2) is 11.9. The zero-order valence-electron chi connectivity index (χ0n) is 22.0. The number of carbonyl (C=O) groups is 3. The van der Waals surface area contributed by atoms with Crippen LogP contribution in [0, 0.1) is 0 Å². The molecule has 3 aromatic rings. The summed E-state index contributed by atoms with van der Waals surface area (Å²) in [5.41, 5.74) is 2.92. The summed E-state index contributed by atoms with van der Waals surface area (Å²) in [7, 11) is 0. The highest BCUT2D eigenvalue weighted by atomic mass is 16.6. The van der Waals surface area contributed by atoms with Crippen molar-refractivity contribution in [3.05, 3.63) is 107 Å². The van der Waals surface area contributed by atoms with Crippen LogP contribution in [0.2, 0.25) is 0 Å². The number of alkyl carbamates (subject to hydrolysis) is 2. The summed E-state index contributed by atoms with van der Waals surface area (Å²) >= 11 is 0. The van der Waals surface area contributed by atoms with E-state index < -0.39 is 18.2 Å². The van der Waals surface area contributed by atoms with Crippen LogP contribution in [-0.4, -0.2) is 35.7 Å². The molecule has 1 aliphatic rings. The van der Waals surface area contributed by atoms with Gasteiger partial charge >= 0.3 is 12.2 Å². The molecular weight excluding hydrogens is 480 g/mol. The van der Waals surface area contributed by atoms with E-state index in [9.17, 15) is 14.4 Å². The maximum atomic E-state index is 13.5. The lowest BCUT2D eigenvalue weighted by Gasteiger charge is -2.20. The summed E-state index contributed by atoms with van der Waals surface area (Å²) in [5.74, 6) is -0.0960. The average Bonchev–Trinajstić information content (AvgIpc) is 3.65. The van der Waals surface area contributed by atoms with E-state index in [1.54, 1.807) is 12.1 Å². The minimum atomic E-state index is -0.787. The molecule has 2 amide bonds. The van der Waals surface area contributed by atoms with E-state index in [4.69, 9.17) is 9.47 Å². The molecule has 7 nitrogen and oxygen atoms in total. The molecule has 1 fully saturated rings. The Hall–Kier alpha value is -4.13. The van der Waals surface area contributed by atoms with Crippen LogP contribution < -0.4 is 10.6 Å². The molecule has 1 aliphatic carbocycles. The van der Waals surface area contributed by atoms with Gasteiger partial charge in [0, 0.05) is 23.4 Å². The number of nitrogens with one attached hydrogen (secondary N) is 2. The highest BCUT2D eigenvalue weighted by Gasteiger charge is 2.42. The molecule has 2 N–H and O–H groups in total. The first-order valence-electron chi connectivity index (χ1n) is 12.8. The molecule has 0 heterocycles. The van der Waals surface area contributed by atoms with Gasteiger partial charge in [-0.2, -0.15) is 0 Å². The van der Waals surface area contributed by atoms with Gasteiger partial charge in [-0.05, 0) is 43.9 Å². The molecule has 0 spiro atoms. The molecule has 0 saturated heterocycles. The van der Waals surface area contributed by atoms with E-state index in [1.807, 2.05) is 93.6 Å². The number of rotatable bonds is 9. The van der Waals surface area contributed by atoms with Gasteiger partial charge in [0.1, 0.15) is 12.7 Å². The summed E-state index contributed by atoms with van der Waals surface area (Å²) in [6.07, 6.45) is -0.164. The largest absolute Gasteiger partial charge is 0.446 e. The minimum Gasteiger partial charge on any atom is -0.446 e. The predicted octanol–water partition coefficient (Wildman–Crippen LogP) is 5.79. The predicted molar refractivity (Wildman–Crippen MR) is 145 cm³/mol. The van der Waals surface area contributed by atoms with Gasteiger partial charge in [-0.25, -0.2) is 9.59 Å². The smallest absolute Gasteiger partial charge is 0.408 e. The summed E-state index contributed by atoms with van der Waals surface area (Å²) in [6.45, 7) is 5.82. The maximum Gasteiger partial charge on any atom is 0.408 e. The van der Waals surface area contributed by atoms with Crippen LogP contribution in [0.5, 0.6) is 0 Å². The minimum absolute atomic E-state index is 0.107. The number of benzene rings is 3. The molecule has 0 aliphatic heterocycles. The van der Waals surface area contributed by atoms with Gasteiger partial charge in [0.2, 0.25) is 0 Å². The first kappa shape index (κ1) is 26.9. The first-order valence-corrected chi connectivity index (χ1v) is 12.8. The zero-order valence-corrected chi connectivity index (χ0v) is 22.0. The van der Waals surface area contributed by atoms with E-state index in [-0.39, 0.29) is 30.0 Å². The number of ether oxygens (including phenoxy) is 2. The fraction of sp³-hybridized carbons (Fsp3) is 0.323. The van der Waals surface area contributed by atoms with Crippen molar-refractivity contribution in [1.29, 1.82) is 0 Å². The Balaban J connectivity index is 1.38. The highest BCUT2D eigenvalue weighted by Crippen LogP contribution is 2.43. The second-order valence-electron chi connectivity index (χ2n) is 10.6. The van der Waals surface area contributed by atoms with Crippen molar-refractivity contribution in [2.45, 2.75) is 63.8 Å². The van der Waals surface area contributed by atoms with Crippen molar-refractivity contribution >= 4 is 18.0 Å². The summed E-state index contributed by atoms with van der Waals surface area (Å²) in [5, 5.41) is 5.56. The lowest BCUT2D eigenvalue weighted by molar-refractivity contribution is 0.0916. The quantitative estimate of drug-likeness (QED) is 0.353. The van der Waals surface area contributed by atoms with Crippen molar-refractivity contribution < 1.29 is 23.9 Å². The third kappa shape index (κ3) is 7.93. The summed E-state index contributed by atoms with van der Waals surface area (Å²) in [4.78, 5) is 38.1. The van der Waals surface area contributed by atoms with Crippen molar-refractivity contribution in [2.24, 2.45) is 0 Å². The third-order valence-corrected chi connectivity index (χ3v) is 6.19. The van der Waals surface area contributed by atoms with Crippen LogP contribution in [0.25, 0.3) is 0 Å². The topological polar surface area (TPSA) is 93.7 Å². The van der Waals surface area contributed by atoms with Gasteiger partial charge in [-0.3, -0.25) is 4.79 Å². The molecule has 2 unspecified atom stereocenters. The summed E-state index contributed by atoms with van der Waals surface area (Å²) in [6, 6.07) is 25.4. The molecule has 0 aromatic heterocycles. The van der Waals surface area contributed by atoms with Gasteiger partial charge in [0.05, 0.1) is 6.04 Å². The lowest BCUT2D eigenvalue weighted by Crippen LogP contribution is -2.42. The van der Waals surface area contributed by atoms with Crippen molar-refractivity contribution in [3.63, 3.8) is 0 Å². The van der Waals surface area contributed by atoms with Crippen LogP contribution in [0.3, 0.4) is 0 Å². The van der Waals surface area contributed by atoms with Gasteiger partial charge in [-0.1, -0.05) is 84.9 Å². The Morgan fingerprint density at radius 2 is 1.45 bits per heavy atom. The number of hydrogen-bond acceptors (Lipinski definition) is 5. The Bertz CT molecular complexity index is 1240. The third-order valence-electron chi connectivity index (χ3n) is 6.19. The van der Waals surface area contributed by atoms with Crippen LogP contribution in [0.15, 0.2) is 84.9 Å². The Kier molecular flexibility index (Phi) is 8.46. The molecular formula is C31H34N2O5. The SMILES string of the molecule is CC(C)(C)NC(=O)OC1CC1c1ccc(C(=O)[C@H](Cc2ccccc2)NC(=O)OCc2ccccc2)cc1. The van der Waals surface area contributed by atoms with Gasteiger partial charge in [0.15, 0.2) is 5.78 Å². The van der Waals surface area contributed by atoms with Gasteiger partial charge in [-0.15, -0.1) is 0 Å². The molecule has 0 radical (unpaired) electrons. The highest BCUT2D eigenvalue weighted by molar-refractivity contribution is 6.01. The van der Waals surface area contributed by atoms with E-state index in [1.165, 1.54) is 0 Å². The van der Waals surface area contributed by atoms with Crippen LogP contribution >= 0.6 is 0 Å². The van der Waals surface area contributed by atoms with Crippen molar-refractivity contribution in [2.75, 3.05) is 0 Å². The Morgan fingerprint density at radius 3 is 2.05 bits per heavy atom. The average molecular weight is 515 g/mol. The Morgan fingerprint density at radius 1 is 0.842 bits per heavy atom. The van der Waals surface area contributed by atoms with Crippen molar-refractivity contribution in [1.82, 2.24) is 10.6 Å². The van der Waals surface area contributed by atoms with E-state index >= 15 is 0 Å². The van der Waals surface area contributed by atoms with Crippen molar-refractivity contribution in [3.8, 4) is 0 Å². The number of Topliss-reactive ketones (excluding diaryl/α,β-unsaturated/α-hetero) is 1. The fourth-order valence-corrected chi connectivity index (χ4v) is 4.19. The van der Waals surface area contributed by atoms with E-state index in [2.05, 4.69) is 10.6 Å². The van der Waals surface area contributed by atoms with E-state index in [0.717, 1.165) is 23.1 Å².